The first-order valence-electron chi connectivity index (χ1n) is 4.65. The van der Waals surface area contributed by atoms with E-state index in [-0.39, 0.29) is 0 Å². The molecule has 0 fully saturated rings. The quantitative estimate of drug-likeness (QED) is 0.642. The van der Waals surface area contributed by atoms with E-state index in [4.69, 9.17) is 0 Å². The van der Waals surface area contributed by atoms with Gasteiger partial charge in [-0.2, -0.15) is 0 Å². The molecule has 1 aliphatic heterocycles. The van der Waals surface area contributed by atoms with Gasteiger partial charge in [0.2, 0.25) is 0 Å². The summed E-state index contributed by atoms with van der Waals surface area (Å²) in [4.78, 5) is 11.8. The van der Waals surface area contributed by atoms with Crippen LogP contribution in [0.2, 0.25) is 0 Å². The molecule has 0 radical (unpaired) electrons. The van der Waals surface area contributed by atoms with E-state index in [1.165, 1.54) is 0 Å². The SMILES string of the molecule is CCC1(C)N([O-])c2ccccc2[N+]1=O. The molecule has 1 heterocycles. The van der Waals surface area contributed by atoms with Crippen LogP contribution in [0.3, 0.4) is 0 Å². The lowest BCUT2D eigenvalue weighted by molar-refractivity contribution is -0.538. The smallest absolute Gasteiger partial charge is 0.281 e. The minimum Gasteiger partial charge on any atom is -0.753 e. The Labute approximate surface area is 82.3 Å². The van der Waals surface area contributed by atoms with Crippen molar-refractivity contribution in [2.45, 2.75) is 25.9 Å². The summed E-state index contributed by atoms with van der Waals surface area (Å²) < 4.78 is 0.801. The van der Waals surface area contributed by atoms with E-state index in [1.807, 2.05) is 6.92 Å². The van der Waals surface area contributed by atoms with Crippen LogP contribution >= 0.6 is 0 Å². The zero-order valence-electron chi connectivity index (χ0n) is 8.23. The number of nitrogens with zero attached hydrogens (tertiary/aromatic N) is 2. The first-order valence-corrected chi connectivity index (χ1v) is 4.65. The average Bonchev–Trinajstić information content (AvgIpc) is 2.43. The van der Waals surface area contributed by atoms with E-state index in [2.05, 4.69) is 0 Å². The molecule has 14 heavy (non-hydrogen) atoms. The molecule has 1 aliphatic rings. The number of nitroso groups, excluding NO2 is 1. The third-order valence-corrected chi connectivity index (χ3v) is 2.86. The topological polar surface area (TPSA) is 46.4 Å². The highest BCUT2D eigenvalue weighted by Gasteiger charge is 2.50. The van der Waals surface area contributed by atoms with Crippen LogP contribution in [-0.2, 0) is 0 Å². The van der Waals surface area contributed by atoms with Crippen molar-refractivity contribution < 1.29 is 4.76 Å². The molecule has 0 saturated carbocycles. The van der Waals surface area contributed by atoms with Gasteiger partial charge < -0.3 is 10.3 Å². The number of anilines is 1. The number of hydroxylamine groups is 1. The number of para-hydroxylation sites is 2. The van der Waals surface area contributed by atoms with Crippen LogP contribution in [0.1, 0.15) is 20.3 Å². The summed E-state index contributed by atoms with van der Waals surface area (Å²) in [5.74, 6) is 0. The Balaban J connectivity index is 2.59. The summed E-state index contributed by atoms with van der Waals surface area (Å²) >= 11 is 0. The van der Waals surface area contributed by atoms with Crippen molar-refractivity contribution in [2.75, 3.05) is 5.06 Å². The lowest BCUT2D eigenvalue weighted by Gasteiger charge is -2.32. The Kier molecular flexibility index (Phi) is 1.82. The van der Waals surface area contributed by atoms with E-state index in [0.717, 1.165) is 9.82 Å². The average molecular weight is 192 g/mol. The third-order valence-electron chi connectivity index (χ3n) is 2.86. The van der Waals surface area contributed by atoms with Crippen LogP contribution in [0.5, 0.6) is 0 Å². The fourth-order valence-corrected chi connectivity index (χ4v) is 1.70. The number of benzene rings is 1. The molecule has 4 heteroatoms. The molecule has 0 aliphatic carbocycles. The Hall–Kier alpha value is -1.42. The van der Waals surface area contributed by atoms with Crippen molar-refractivity contribution in [3.63, 3.8) is 0 Å². The number of hydrogen-bond acceptors (Lipinski definition) is 3. The number of rotatable bonds is 1. The van der Waals surface area contributed by atoms with E-state index in [0.29, 0.717) is 17.8 Å². The predicted octanol–water partition coefficient (Wildman–Crippen LogP) is 2.54. The van der Waals surface area contributed by atoms with Crippen LogP contribution in [0.25, 0.3) is 0 Å². The molecule has 1 atom stereocenters. The molecule has 0 bridgehead atoms. The van der Waals surface area contributed by atoms with Crippen LogP contribution in [0.4, 0.5) is 11.4 Å². The van der Waals surface area contributed by atoms with Gasteiger partial charge in [0.05, 0.1) is 4.76 Å². The Morgan fingerprint density at radius 2 is 2.14 bits per heavy atom. The maximum Gasteiger partial charge on any atom is 0.281 e. The maximum absolute atomic E-state index is 11.8. The van der Waals surface area contributed by atoms with E-state index in [1.54, 1.807) is 31.2 Å². The first kappa shape index (κ1) is 9.15. The molecular formula is C10H12N2O2. The van der Waals surface area contributed by atoms with Crippen molar-refractivity contribution in [1.29, 1.82) is 0 Å². The second-order valence-electron chi connectivity index (χ2n) is 3.65. The second kappa shape index (κ2) is 2.78. The monoisotopic (exact) mass is 192 g/mol. The zero-order chi connectivity index (χ0) is 10.3. The molecule has 74 valence electrons. The van der Waals surface area contributed by atoms with Crippen molar-refractivity contribution >= 4 is 11.4 Å². The van der Waals surface area contributed by atoms with Gasteiger partial charge in [-0.05, 0) is 6.07 Å². The standard InChI is InChI=1S/C10H12N2O2/c1-3-10(2)11(13)8-6-4-5-7-9(8)12(10)14/h4-7H,3H2,1-2H3. The van der Waals surface area contributed by atoms with Crippen LogP contribution < -0.4 is 5.06 Å². The molecule has 0 amide bonds. The van der Waals surface area contributed by atoms with E-state index >= 15 is 0 Å². The Morgan fingerprint density at radius 1 is 1.50 bits per heavy atom. The van der Waals surface area contributed by atoms with Gasteiger partial charge >= 0.3 is 0 Å². The van der Waals surface area contributed by atoms with E-state index in [9.17, 15) is 10.1 Å². The highest BCUT2D eigenvalue weighted by atomic mass is 16.5. The molecular weight excluding hydrogens is 180 g/mol. The Bertz CT molecular complexity index is 391. The molecule has 0 saturated heterocycles. The van der Waals surface area contributed by atoms with Gasteiger partial charge in [0.15, 0.2) is 0 Å². The van der Waals surface area contributed by atoms with E-state index < -0.39 is 5.66 Å². The molecule has 1 aromatic rings. The maximum atomic E-state index is 11.8. The normalized spacial score (nSPS) is 25.4. The van der Waals surface area contributed by atoms with Gasteiger partial charge in [-0.15, -0.1) is 0 Å². The van der Waals surface area contributed by atoms with Gasteiger partial charge in [-0.25, -0.2) is 0 Å². The van der Waals surface area contributed by atoms with Gasteiger partial charge in [0, 0.05) is 24.3 Å². The van der Waals surface area contributed by atoms with Crippen LogP contribution in [0, 0.1) is 10.1 Å². The Morgan fingerprint density at radius 3 is 2.71 bits per heavy atom. The summed E-state index contributed by atoms with van der Waals surface area (Å²) in [6.45, 7) is 3.49. The molecule has 0 N–H and O–H groups in total. The van der Waals surface area contributed by atoms with Gasteiger partial charge in [-0.3, -0.25) is 0 Å². The molecule has 4 nitrogen and oxygen atoms in total. The minimum atomic E-state index is -0.982. The molecule has 0 aromatic heterocycles. The van der Waals surface area contributed by atoms with Crippen molar-refractivity contribution in [1.82, 2.24) is 0 Å². The fourth-order valence-electron chi connectivity index (χ4n) is 1.70. The summed E-state index contributed by atoms with van der Waals surface area (Å²) in [5.41, 5.74) is -0.0531. The molecule has 2 rings (SSSR count). The van der Waals surface area contributed by atoms with Crippen LogP contribution in [0.15, 0.2) is 24.3 Å². The predicted molar refractivity (Wildman–Crippen MR) is 54.3 cm³/mol. The van der Waals surface area contributed by atoms with Gasteiger partial charge in [0.25, 0.3) is 11.4 Å². The van der Waals surface area contributed by atoms with Crippen molar-refractivity contribution in [2.24, 2.45) is 0 Å². The summed E-state index contributed by atoms with van der Waals surface area (Å²) in [6, 6.07) is 6.88. The van der Waals surface area contributed by atoms with Crippen molar-refractivity contribution in [3.05, 3.63) is 34.4 Å². The lowest BCUT2D eigenvalue weighted by Crippen LogP contribution is -2.44. The number of hydrogen-bond donors (Lipinski definition) is 0. The third kappa shape index (κ3) is 0.915. The summed E-state index contributed by atoms with van der Waals surface area (Å²) in [5, 5.41) is 12.6. The highest BCUT2D eigenvalue weighted by Crippen LogP contribution is 2.43. The zero-order valence-corrected chi connectivity index (χ0v) is 8.23. The lowest BCUT2D eigenvalue weighted by atomic mass is 10.1. The fraction of sp³-hybridized carbons (Fsp3) is 0.400. The highest BCUT2D eigenvalue weighted by molar-refractivity contribution is 5.67. The molecule has 1 unspecified atom stereocenters. The summed E-state index contributed by atoms with van der Waals surface area (Å²) in [6.07, 6.45) is 0.495. The van der Waals surface area contributed by atoms with Gasteiger partial charge in [0.1, 0.15) is 5.69 Å². The summed E-state index contributed by atoms with van der Waals surface area (Å²) in [7, 11) is 0. The second-order valence-corrected chi connectivity index (χ2v) is 3.65. The van der Waals surface area contributed by atoms with Crippen molar-refractivity contribution in [3.8, 4) is 0 Å². The minimum absolute atomic E-state index is 0.465. The van der Waals surface area contributed by atoms with Gasteiger partial charge in [-0.1, -0.05) is 19.1 Å². The molecule has 0 spiro atoms. The van der Waals surface area contributed by atoms with Crippen LogP contribution in [-0.4, -0.2) is 10.4 Å². The number of fused-ring (bicyclic) bond motifs is 1. The molecule has 1 aromatic carbocycles. The largest absolute Gasteiger partial charge is 0.753 e. The first-order chi connectivity index (χ1) is 6.61.